The van der Waals surface area contributed by atoms with Gasteiger partial charge in [-0.3, -0.25) is 0 Å². The summed E-state index contributed by atoms with van der Waals surface area (Å²) in [5, 5.41) is 0. The summed E-state index contributed by atoms with van der Waals surface area (Å²) in [5.74, 6) is 0.852. The second-order valence-corrected chi connectivity index (χ2v) is 3.14. The molecule has 1 heteroatoms. The summed E-state index contributed by atoms with van der Waals surface area (Å²) in [7, 11) is 0. The lowest BCUT2D eigenvalue weighted by Crippen LogP contribution is -1.80. The third-order valence-electron chi connectivity index (χ3n) is 2.01. The van der Waals surface area contributed by atoms with Crippen LogP contribution in [-0.2, 0) is 0 Å². The minimum atomic E-state index is 0.852. The van der Waals surface area contributed by atoms with Gasteiger partial charge in [-0.2, -0.15) is 0 Å². The Kier molecular flexibility index (Phi) is 3.18. The molecule has 0 N–H and O–H groups in total. The van der Waals surface area contributed by atoms with Crippen LogP contribution in [-0.4, -0.2) is 0 Å². The predicted octanol–water partition coefficient (Wildman–Crippen LogP) is 3.74. The molecule has 1 nitrogen and oxygen atoms in total. The zero-order chi connectivity index (χ0) is 10.3. The highest BCUT2D eigenvalue weighted by atomic mass is 16.5. The fraction of sp³-hybridized carbons (Fsp3) is 0. The van der Waals surface area contributed by atoms with E-state index in [-0.39, 0.29) is 0 Å². The maximum absolute atomic E-state index is 5.43. The predicted molar refractivity (Wildman–Crippen MR) is 62.5 cm³/mol. The zero-order valence-electron chi connectivity index (χ0n) is 8.34. The Hall–Kier alpha value is -2.02. The van der Waals surface area contributed by atoms with Crippen LogP contribution in [0.4, 0.5) is 0 Å². The molecule has 0 bridgehead atoms. The van der Waals surface area contributed by atoms with Crippen molar-refractivity contribution in [2.75, 3.05) is 0 Å². The fourth-order valence-electron chi connectivity index (χ4n) is 1.25. The van der Waals surface area contributed by atoms with E-state index in [9.17, 15) is 0 Å². The van der Waals surface area contributed by atoms with Crippen molar-refractivity contribution >= 4 is 6.08 Å². The Labute approximate surface area is 89.6 Å². The maximum Gasteiger partial charge on any atom is 0.126 e. The van der Waals surface area contributed by atoms with Crippen molar-refractivity contribution in [3.8, 4) is 5.75 Å². The highest BCUT2D eigenvalue weighted by Gasteiger charge is 1.86. The molecule has 0 aliphatic heterocycles. The molecular formula is C14H12O. The molecule has 0 aliphatic carbocycles. The first-order valence-electron chi connectivity index (χ1n) is 4.88. The molecule has 2 aromatic rings. The van der Waals surface area contributed by atoms with E-state index in [0.717, 1.165) is 11.3 Å². The van der Waals surface area contributed by atoms with Crippen molar-refractivity contribution in [3.05, 3.63) is 72.5 Å². The monoisotopic (exact) mass is 196 g/mol. The molecule has 0 fully saturated rings. The molecule has 0 radical (unpaired) electrons. The Morgan fingerprint density at radius 3 is 2.00 bits per heavy atom. The van der Waals surface area contributed by atoms with E-state index in [0.29, 0.717) is 0 Å². The maximum atomic E-state index is 5.43. The van der Waals surface area contributed by atoms with E-state index in [1.807, 2.05) is 66.7 Å². The Bertz CT molecular complexity index is 418. The van der Waals surface area contributed by atoms with Gasteiger partial charge in [0.25, 0.3) is 0 Å². The van der Waals surface area contributed by atoms with Crippen molar-refractivity contribution in [2.24, 2.45) is 0 Å². The third kappa shape index (κ3) is 2.99. The fourth-order valence-corrected chi connectivity index (χ4v) is 1.25. The molecule has 74 valence electrons. The highest BCUT2D eigenvalue weighted by Crippen LogP contribution is 2.09. The van der Waals surface area contributed by atoms with Crippen LogP contribution in [0, 0.1) is 0 Å². The molecule has 0 amide bonds. The van der Waals surface area contributed by atoms with Gasteiger partial charge in [0, 0.05) is 0 Å². The standard InChI is InChI=1S/C14H12O/c1-3-7-13(8-4-1)11-12-15-14-9-5-2-6-10-14/h1-12H. The summed E-state index contributed by atoms with van der Waals surface area (Å²) in [4.78, 5) is 0. The van der Waals surface area contributed by atoms with E-state index < -0.39 is 0 Å². The van der Waals surface area contributed by atoms with Crippen molar-refractivity contribution in [3.63, 3.8) is 0 Å². The smallest absolute Gasteiger partial charge is 0.126 e. The van der Waals surface area contributed by atoms with Crippen LogP contribution >= 0.6 is 0 Å². The molecule has 0 unspecified atom stereocenters. The van der Waals surface area contributed by atoms with E-state index in [4.69, 9.17) is 4.74 Å². The van der Waals surface area contributed by atoms with Crippen LogP contribution in [0.25, 0.3) is 6.08 Å². The first kappa shape index (κ1) is 9.53. The minimum Gasteiger partial charge on any atom is -0.465 e. The molecule has 0 aromatic heterocycles. The van der Waals surface area contributed by atoms with Gasteiger partial charge in [0.1, 0.15) is 5.75 Å². The Morgan fingerprint density at radius 2 is 1.33 bits per heavy atom. The molecule has 0 atom stereocenters. The number of hydrogen-bond donors (Lipinski definition) is 0. The van der Waals surface area contributed by atoms with Crippen molar-refractivity contribution < 1.29 is 4.74 Å². The molecule has 2 aromatic carbocycles. The molecule has 0 aliphatic rings. The van der Waals surface area contributed by atoms with E-state index >= 15 is 0 Å². The first-order chi connectivity index (χ1) is 7.45. The van der Waals surface area contributed by atoms with Gasteiger partial charge in [0.05, 0.1) is 6.26 Å². The van der Waals surface area contributed by atoms with Gasteiger partial charge in [-0.1, -0.05) is 48.5 Å². The van der Waals surface area contributed by atoms with Crippen LogP contribution in [0.5, 0.6) is 5.75 Å². The van der Waals surface area contributed by atoms with Crippen LogP contribution in [0.3, 0.4) is 0 Å². The lowest BCUT2D eigenvalue weighted by molar-refractivity contribution is 0.485. The number of hydrogen-bond acceptors (Lipinski definition) is 1. The second-order valence-electron chi connectivity index (χ2n) is 3.14. The number of rotatable bonds is 3. The summed E-state index contributed by atoms with van der Waals surface area (Å²) < 4.78 is 5.43. The lowest BCUT2D eigenvalue weighted by Gasteiger charge is -1.98. The zero-order valence-corrected chi connectivity index (χ0v) is 8.34. The molecule has 0 heterocycles. The molecule has 2 rings (SSSR count). The summed E-state index contributed by atoms with van der Waals surface area (Å²) in [6, 6.07) is 19.8. The Balaban J connectivity index is 1.97. The third-order valence-corrected chi connectivity index (χ3v) is 2.01. The highest BCUT2D eigenvalue weighted by molar-refractivity contribution is 5.48. The topological polar surface area (TPSA) is 9.23 Å². The van der Waals surface area contributed by atoms with E-state index in [1.165, 1.54) is 0 Å². The normalized spacial score (nSPS) is 10.4. The van der Waals surface area contributed by atoms with Gasteiger partial charge in [0.15, 0.2) is 0 Å². The molecule has 0 saturated carbocycles. The number of para-hydroxylation sites is 1. The van der Waals surface area contributed by atoms with Gasteiger partial charge >= 0.3 is 0 Å². The van der Waals surface area contributed by atoms with Gasteiger partial charge < -0.3 is 4.74 Å². The molecule has 0 spiro atoms. The molecular weight excluding hydrogens is 184 g/mol. The van der Waals surface area contributed by atoms with Crippen LogP contribution < -0.4 is 4.74 Å². The van der Waals surface area contributed by atoms with Crippen molar-refractivity contribution in [2.45, 2.75) is 0 Å². The Morgan fingerprint density at radius 1 is 0.733 bits per heavy atom. The minimum absolute atomic E-state index is 0.852. The summed E-state index contributed by atoms with van der Waals surface area (Å²) in [6.45, 7) is 0. The van der Waals surface area contributed by atoms with Gasteiger partial charge in [-0.05, 0) is 23.8 Å². The number of ether oxygens (including phenoxy) is 1. The largest absolute Gasteiger partial charge is 0.465 e. The van der Waals surface area contributed by atoms with E-state index in [1.54, 1.807) is 6.26 Å². The van der Waals surface area contributed by atoms with Crippen LogP contribution in [0.1, 0.15) is 5.56 Å². The summed E-state index contributed by atoms with van der Waals surface area (Å²) in [5.41, 5.74) is 1.13. The van der Waals surface area contributed by atoms with Crippen molar-refractivity contribution in [1.82, 2.24) is 0 Å². The average molecular weight is 196 g/mol. The van der Waals surface area contributed by atoms with Crippen LogP contribution in [0.2, 0.25) is 0 Å². The number of benzene rings is 2. The van der Waals surface area contributed by atoms with Gasteiger partial charge in [0.2, 0.25) is 0 Å². The van der Waals surface area contributed by atoms with E-state index in [2.05, 4.69) is 0 Å². The summed E-state index contributed by atoms with van der Waals surface area (Å²) in [6.07, 6.45) is 3.64. The van der Waals surface area contributed by atoms with Crippen LogP contribution in [0.15, 0.2) is 66.9 Å². The quantitative estimate of drug-likeness (QED) is 0.679. The SMILES string of the molecule is C(=Cc1ccccc1)Oc1ccccc1. The molecule has 0 saturated heterocycles. The lowest BCUT2D eigenvalue weighted by atomic mass is 10.2. The average Bonchev–Trinajstić information content (AvgIpc) is 2.32. The molecule has 15 heavy (non-hydrogen) atoms. The van der Waals surface area contributed by atoms with Gasteiger partial charge in [-0.15, -0.1) is 0 Å². The summed E-state index contributed by atoms with van der Waals surface area (Å²) >= 11 is 0. The van der Waals surface area contributed by atoms with Crippen molar-refractivity contribution in [1.29, 1.82) is 0 Å². The van der Waals surface area contributed by atoms with Gasteiger partial charge in [-0.25, -0.2) is 0 Å². The second kappa shape index (κ2) is 5.01. The first-order valence-corrected chi connectivity index (χ1v) is 4.88.